The van der Waals surface area contributed by atoms with Crippen molar-refractivity contribution in [3.63, 3.8) is 0 Å². The third-order valence-electron chi connectivity index (χ3n) is 8.22. The highest BCUT2D eigenvalue weighted by molar-refractivity contribution is 7.89. The second kappa shape index (κ2) is 11.6. The molecule has 2 saturated heterocycles. The third-order valence-corrected chi connectivity index (χ3v) is 9.52. The molecule has 1 spiro atoms. The molecular formula is C27H34F2N6O6S. The van der Waals surface area contributed by atoms with E-state index in [-0.39, 0.29) is 42.3 Å². The molecule has 1 amide bonds. The summed E-state index contributed by atoms with van der Waals surface area (Å²) in [6.07, 6.45) is 4.86. The minimum atomic E-state index is -4.16. The molecule has 2 aliphatic heterocycles. The monoisotopic (exact) mass is 608 g/mol. The first-order valence-corrected chi connectivity index (χ1v) is 15.2. The number of hydrogen-bond donors (Lipinski definition) is 2. The summed E-state index contributed by atoms with van der Waals surface area (Å²) in [6, 6.07) is 4.41. The van der Waals surface area contributed by atoms with Crippen molar-refractivity contribution in [2.24, 2.45) is 5.41 Å². The van der Waals surface area contributed by atoms with Crippen LogP contribution in [-0.4, -0.2) is 83.1 Å². The van der Waals surface area contributed by atoms with E-state index >= 15 is 0 Å². The lowest BCUT2D eigenvalue weighted by Crippen LogP contribution is -2.40. The number of anilines is 3. The first-order valence-electron chi connectivity index (χ1n) is 13.7. The number of methoxy groups -OCH3 is 2. The lowest BCUT2D eigenvalue weighted by atomic mass is 9.93. The molecule has 1 saturated carbocycles. The Balaban J connectivity index is 1.41. The highest BCUT2D eigenvalue weighted by atomic mass is 32.2. The van der Waals surface area contributed by atoms with Gasteiger partial charge in [-0.2, -0.15) is 4.72 Å². The number of ether oxygens (including phenoxy) is 2. The van der Waals surface area contributed by atoms with Crippen molar-refractivity contribution in [2.75, 3.05) is 62.1 Å². The topological polar surface area (TPSA) is 143 Å². The van der Waals surface area contributed by atoms with Gasteiger partial charge in [0, 0.05) is 45.1 Å². The molecule has 42 heavy (non-hydrogen) atoms. The molecule has 1 aliphatic carbocycles. The number of carbonyl (C=O) groups is 2. The molecule has 3 aliphatic rings. The smallest absolute Gasteiger partial charge is 0.320 e. The lowest BCUT2D eigenvalue weighted by Gasteiger charge is -2.35. The summed E-state index contributed by atoms with van der Waals surface area (Å²) in [5.74, 6) is -3.43. The fourth-order valence-corrected chi connectivity index (χ4v) is 6.22. The summed E-state index contributed by atoms with van der Waals surface area (Å²) in [5, 5.41) is 2.50. The number of hydrogen-bond acceptors (Lipinski definition) is 10. The van der Waals surface area contributed by atoms with Gasteiger partial charge in [0.05, 0.1) is 31.8 Å². The quantitative estimate of drug-likeness (QED) is 0.408. The maximum Gasteiger partial charge on any atom is 0.320 e. The number of aromatic nitrogens is 2. The van der Waals surface area contributed by atoms with E-state index in [1.165, 1.54) is 38.3 Å². The van der Waals surface area contributed by atoms with Gasteiger partial charge in [0.1, 0.15) is 12.2 Å². The van der Waals surface area contributed by atoms with E-state index in [0.717, 1.165) is 20.0 Å². The van der Waals surface area contributed by atoms with Crippen molar-refractivity contribution in [3.05, 3.63) is 30.1 Å². The third kappa shape index (κ3) is 6.56. The summed E-state index contributed by atoms with van der Waals surface area (Å²) in [5.41, 5.74) is 1.14. The highest BCUT2D eigenvalue weighted by Gasteiger charge is 2.44. The van der Waals surface area contributed by atoms with Gasteiger partial charge in [-0.25, -0.2) is 27.2 Å². The molecule has 0 atom stereocenters. The molecule has 3 fully saturated rings. The number of amides is 1. The van der Waals surface area contributed by atoms with E-state index in [2.05, 4.69) is 24.7 Å². The highest BCUT2D eigenvalue weighted by Crippen LogP contribution is 2.54. The van der Waals surface area contributed by atoms with Gasteiger partial charge in [-0.1, -0.05) is 0 Å². The molecule has 4 heterocycles. The maximum atomic E-state index is 13.7. The van der Waals surface area contributed by atoms with Gasteiger partial charge >= 0.3 is 5.97 Å². The molecule has 15 heteroatoms. The zero-order valence-corrected chi connectivity index (χ0v) is 24.3. The molecule has 0 radical (unpaired) electrons. The van der Waals surface area contributed by atoms with Crippen LogP contribution in [0.5, 0.6) is 5.75 Å². The number of rotatable bonds is 9. The van der Waals surface area contributed by atoms with Crippen LogP contribution >= 0.6 is 0 Å². The number of pyridine rings is 2. The van der Waals surface area contributed by atoms with Gasteiger partial charge in [0.25, 0.3) is 21.9 Å². The average molecular weight is 609 g/mol. The number of halogens is 2. The maximum absolute atomic E-state index is 13.7. The predicted molar refractivity (Wildman–Crippen MR) is 150 cm³/mol. The van der Waals surface area contributed by atoms with Crippen LogP contribution in [0.4, 0.5) is 26.0 Å². The number of carbonyl (C=O) groups excluding carboxylic acids is 2. The Kier molecular flexibility index (Phi) is 8.25. The molecule has 0 bridgehead atoms. The Morgan fingerprint density at radius 3 is 2.29 bits per heavy atom. The van der Waals surface area contributed by atoms with Gasteiger partial charge in [-0.3, -0.25) is 9.59 Å². The van der Waals surface area contributed by atoms with Crippen molar-refractivity contribution >= 4 is 39.1 Å². The van der Waals surface area contributed by atoms with Crippen LogP contribution in [-0.2, 0) is 19.6 Å². The van der Waals surface area contributed by atoms with Crippen molar-refractivity contribution in [1.29, 1.82) is 0 Å². The SMILES string of the molecule is COC(=O)CNS(=O)(=O)c1cc(N2CCC3(CC2)CC3)c(NC(=O)c2ccc(OC)c(N3CCC(F)(F)CC3)n2)cn1. The van der Waals surface area contributed by atoms with Crippen LogP contribution < -0.4 is 24.6 Å². The van der Waals surface area contributed by atoms with Crippen LogP contribution in [0, 0.1) is 5.41 Å². The Bertz CT molecular complexity index is 1450. The molecular weight excluding hydrogens is 574 g/mol. The second-order valence-corrected chi connectivity index (χ2v) is 12.7. The Hall–Kier alpha value is -3.59. The zero-order valence-electron chi connectivity index (χ0n) is 23.5. The van der Waals surface area contributed by atoms with Gasteiger partial charge in [-0.15, -0.1) is 0 Å². The van der Waals surface area contributed by atoms with Gasteiger partial charge in [-0.05, 0) is 43.2 Å². The number of nitrogens with one attached hydrogen (secondary N) is 2. The van der Waals surface area contributed by atoms with Gasteiger partial charge in [0.15, 0.2) is 16.6 Å². The van der Waals surface area contributed by atoms with Gasteiger partial charge < -0.3 is 24.6 Å². The van der Waals surface area contributed by atoms with Crippen LogP contribution in [0.15, 0.2) is 29.4 Å². The summed E-state index contributed by atoms with van der Waals surface area (Å²) in [6.45, 7) is 0.914. The fourth-order valence-electron chi connectivity index (χ4n) is 5.31. The van der Waals surface area contributed by atoms with E-state index in [1.807, 2.05) is 4.90 Å². The number of sulfonamides is 1. The van der Waals surface area contributed by atoms with E-state index in [4.69, 9.17) is 4.74 Å². The molecule has 2 aromatic heterocycles. The number of alkyl halides is 2. The molecule has 228 valence electrons. The van der Waals surface area contributed by atoms with Crippen LogP contribution in [0.2, 0.25) is 0 Å². The molecule has 12 nitrogen and oxygen atoms in total. The minimum absolute atomic E-state index is 0.0288. The average Bonchev–Trinajstić information content (AvgIpc) is 3.74. The van der Waals surface area contributed by atoms with Gasteiger partial charge in [0.2, 0.25) is 0 Å². The van der Waals surface area contributed by atoms with Crippen molar-refractivity contribution < 1.29 is 36.3 Å². The van der Waals surface area contributed by atoms with Crippen molar-refractivity contribution in [2.45, 2.75) is 49.5 Å². The minimum Gasteiger partial charge on any atom is -0.493 e. The predicted octanol–water partition coefficient (Wildman–Crippen LogP) is 2.80. The zero-order chi connectivity index (χ0) is 30.1. The van der Waals surface area contributed by atoms with Crippen molar-refractivity contribution in [3.8, 4) is 5.75 Å². The van der Waals surface area contributed by atoms with Crippen molar-refractivity contribution in [1.82, 2.24) is 14.7 Å². The molecule has 5 rings (SSSR count). The first-order chi connectivity index (χ1) is 19.9. The number of nitrogens with zero attached hydrogens (tertiary/aromatic N) is 4. The Labute approximate surface area is 242 Å². The summed E-state index contributed by atoms with van der Waals surface area (Å²) >= 11 is 0. The molecule has 2 aromatic rings. The molecule has 2 N–H and O–H groups in total. The van der Waals surface area contributed by atoms with Crippen LogP contribution in [0.25, 0.3) is 0 Å². The van der Waals surface area contributed by atoms with E-state index in [0.29, 0.717) is 35.8 Å². The molecule has 0 unspecified atom stereocenters. The molecule has 0 aromatic carbocycles. The Morgan fingerprint density at radius 2 is 1.67 bits per heavy atom. The van der Waals surface area contributed by atoms with Crippen LogP contribution in [0.1, 0.15) is 49.0 Å². The first kappa shape index (κ1) is 29.9. The second-order valence-electron chi connectivity index (χ2n) is 10.9. The standard InChI is InChI=1S/C27H34F2N6O6S/c1-40-21-4-3-18(32-24(21)35-13-9-27(28,29)10-14-35)25(37)33-19-16-30-22(42(38,39)31-17-23(36)41-2)15-20(19)34-11-7-26(5-6-26)8-12-34/h3-4,15-16,31H,5-14,17H2,1-2H3,(H,33,37). The summed E-state index contributed by atoms with van der Waals surface area (Å²) < 4.78 is 65.3. The van der Waals surface area contributed by atoms with E-state index in [9.17, 15) is 26.8 Å². The fraction of sp³-hybridized carbons (Fsp3) is 0.556. The van der Waals surface area contributed by atoms with Crippen LogP contribution in [0.3, 0.4) is 0 Å². The largest absolute Gasteiger partial charge is 0.493 e. The number of piperidine rings is 2. The van der Waals surface area contributed by atoms with E-state index in [1.54, 1.807) is 11.0 Å². The summed E-state index contributed by atoms with van der Waals surface area (Å²) in [4.78, 5) is 37.1. The number of esters is 1. The Morgan fingerprint density at radius 1 is 1.00 bits per heavy atom. The lowest BCUT2D eigenvalue weighted by molar-refractivity contribution is -0.139. The summed E-state index contributed by atoms with van der Waals surface area (Å²) in [7, 11) is -1.56. The normalized spacial score (nSPS) is 19.3. The van der Waals surface area contributed by atoms with E-state index < -0.39 is 34.4 Å².